The number of hydrogen-bond acceptors (Lipinski definition) is 11. The number of carbonyl (C=O) groups is 2. The third-order valence-corrected chi connectivity index (χ3v) is 9.81. The molecule has 5 aromatic rings. The quantitative estimate of drug-likeness (QED) is 0.146. The molecule has 292 valence electrons. The van der Waals surface area contributed by atoms with Crippen LogP contribution in [-0.4, -0.2) is 96.9 Å². The SMILES string of the molecule is C[C@H]1CCCCN1c1nnc2ccc(O[C@@H]3CC[C@H](NC(=O)Nc4cc(C(C)(C)C)nn4-c4cnnc(OCCN(C)C)c4)c4ccccc43)cn12.O=CO. The third-order valence-electron chi connectivity index (χ3n) is 9.81. The number of nitrogens with one attached hydrogen (secondary N) is 2. The highest BCUT2D eigenvalue weighted by atomic mass is 16.5. The van der Waals surface area contributed by atoms with Crippen LogP contribution in [0.25, 0.3) is 11.3 Å². The number of aromatic nitrogens is 7. The molecule has 2 amide bonds. The van der Waals surface area contributed by atoms with Gasteiger partial charge in [-0.1, -0.05) is 45.0 Å². The van der Waals surface area contributed by atoms with Gasteiger partial charge in [0.15, 0.2) is 5.65 Å². The highest BCUT2D eigenvalue weighted by molar-refractivity contribution is 5.89. The highest BCUT2D eigenvalue weighted by Gasteiger charge is 2.31. The Morgan fingerprint density at radius 1 is 1.04 bits per heavy atom. The van der Waals surface area contributed by atoms with E-state index in [4.69, 9.17) is 24.5 Å². The number of hydrogen-bond donors (Lipinski definition) is 3. The summed E-state index contributed by atoms with van der Waals surface area (Å²) in [6.07, 6.45) is 8.40. The van der Waals surface area contributed by atoms with E-state index in [9.17, 15) is 4.79 Å². The van der Waals surface area contributed by atoms with Gasteiger partial charge in [0.1, 0.15) is 24.3 Å². The Hall–Kier alpha value is -5.77. The zero-order valence-electron chi connectivity index (χ0n) is 32.3. The van der Waals surface area contributed by atoms with E-state index >= 15 is 0 Å². The van der Waals surface area contributed by atoms with E-state index < -0.39 is 0 Å². The van der Waals surface area contributed by atoms with Gasteiger partial charge < -0.3 is 29.7 Å². The van der Waals surface area contributed by atoms with Crippen molar-refractivity contribution in [2.75, 3.05) is 44.0 Å². The van der Waals surface area contributed by atoms with Gasteiger partial charge in [-0.05, 0) is 76.4 Å². The fourth-order valence-electron chi connectivity index (χ4n) is 6.91. The molecule has 1 aliphatic carbocycles. The van der Waals surface area contributed by atoms with E-state index in [0.29, 0.717) is 36.5 Å². The zero-order valence-corrected chi connectivity index (χ0v) is 32.3. The molecule has 55 heavy (non-hydrogen) atoms. The zero-order chi connectivity index (χ0) is 39.1. The number of fused-ring (bicyclic) bond motifs is 2. The summed E-state index contributed by atoms with van der Waals surface area (Å²) in [5.74, 6) is 2.51. The Labute approximate surface area is 320 Å². The number of nitrogens with zero attached hydrogens (tertiary/aromatic N) is 9. The second-order valence-electron chi connectivity index (χ2n) is 15.2. The number of piperidine rings is 1. The first-order chi connectivity index (χ1) is 26.4. The number of anilines is 2. The lowest BCUT2D eigenvalue weighted by atomic mass is 9.85. The Bertz CT molecular complexity index is 2070. The van der Waals surface area contributed by atoms with Gasteiger partial charge in [-0.3, -0.25) is 14.5 Å². The number of likely N-dealkylation sites (N-methyl/N-ethyl adjacent to an activating group) is 1. The Morgan fingerprint density at radius 2 is 1.82 bits per heavy atom. The topological polar surface area (TPSA) is 177 Å². The van der Waals surface area contributed by atoms with Crippen molar-refractivity contribution in [1.29, 1.82) is 0 Å². The molecular weight excluding hydrogens is 703 g/mol. The molecule has 1 aromatic carbocycles. The maximum Gasteiger partial charge on any atom is 0.320 e. The monoisotopic (exact) mass is 753 g/mol. The van der Waals surface area contributed by atoms with Gasteiger partial charge >= 0.3 is 6.03 Å². The number of ether oxygens (including phenoxy) is 2. The van der Waals surface area contributed by atoms with Crippen LogP contribution < -0.4 is 25.0 Å². The number of amides is 2. The molecule has 3 N–H and O–H groups in total. The van der Waals surface area contributed by atoms with Crippen molar-refractivity contribution >= 4 is 29.9 Å². The summed E-state index contributed by atoms with van der Waals surface area (Å²) in [7, 11) is 3.97. The molecule has 7 rings (SSSR count). The molecule has 1 saturated heterocycles. The summed E-state index contributed by atoms with van der Waals surface area (Å²) in [5, 5.41) is 35.3. The lowest BCUT2D eigenvalue weighted by Gasteiger charge is -2.33. The number of pyridine rings is 1. The summed E-state index contributed by atoms with van der Waals surface area (Å²) < 4.78 is 16.2. The van der Waals surface area contributed by atoms with Crippen molar-refractivity contribution in [3.05, 3.63) is 77.7 Å². The molecule has 4 aromatic heterocycles. The van der Waals surface area contributed by atoms with Gasteiger partial charge in [-0.15, -0.1) is 15.3 Å². The van der Waals surface area contributed by atoms with Crippen LogP contribution in [0.5, 0.6) is 11.6 Å². The van der Waals surface area contributed by atoms with Crippen LogP contribution >= 0.6 is 0 Å². The van der Waals surface area contributed by atoms with Gasteiger partial charge in [-0.25, -0.2) is 9.48 Å². The first-order valence-corrected chi connectivity index (χ1v) is 18.7. The lowest BCUT2D eigenvalue weighted by Crippen LogP contribution is -2.38. The van der Waals surface area contributed by atoms with Gasteiger partial charge in [-0.2, -0.15) is 10.2 Å². The lowest BCUT2D eigenvalue weighted by molar-refractivity contribution is -0.122. The second kappa shape index (κ2) is 17.1. The van der Waals surface area contributed by atoms with E-state index in [1.54, 1.807) is 16.9 Å². The van der Waals surface area contributed by atoms with Crippen LogP contribution in [0.4, 0.5) is 16.6 Å². The van der Waals surface area contributed by atoms with Gasteiger partial charge in [0.25, 0.3) is 6.47 Å². The van der Waals surface area contributed by atoms with Crippen molar-refractivity contribution in [1.82, 2.24) is 44.8 Å². The Morgan fingerprint density at radius 3 is 2.56 bits per heavy atom. The average molecular weight is 754 g/mol. The Kier molecular flexibility index (Phi) is 12.1. The summed E-state index contributed by atoms with van der Waals surface area (Å²) in [5.41, 5.74) is 4.07. The number of carbonyl (C=O) groups excluding carboxylic acids is 1. The van der Waals surface area contributed by atoms with Gasteiger partial charge in [0.05, 0.1) is 29.8 Å². The molecule has 1 fully saturated rings. The number of rotatable bonds is 10. The molecule has 3 atom stereocenters. The van der Waals surface area contributed by atoms with Crippen molar-refractivity contribution < 1.29 is 24.2 Å². The van der Waals surface area contributed by atoms with E-state index in [1.807, 2.05) is 59.9 Å². The van der Waals surface area contributed by atoms with Gasteiger partial charge in [0.2, 0.25) is 11.8 Å². The molecule has 0 unspecified atom stereocenters. The Balaban J connectivity index is 0.00000166. The molecule has 1 aliphatic heterocycles. The fraction of sp³-hybridized carbons (Fsp3) is 0.462. The van der Waals surface area contributed by atoms with E-state index in [0.717, 1.165) is 66.5 Å². The highest BCUT2D eigenvalue weighted by Crippen LogP contribution is 2.39. The van der Waals surface area contributed by atoms with E-state index in [2.05, 4.69) is 75.8 Å². The third kappa shape index (κ3) is 9.31. The first-order valence-electron chi connectivity index (χ1n) is 18.7. The normalized spacial score (nSPS) is 18.2. The largest absolute Gasteiger partial charge is 0.484 e. The minimum atomic E-state index is -0.331. The van der Waals surface area contributed by atoms with Crippen LogP contribution in [0.2, 0.25) is 0 Å². The number of urea groups is 1. The number of carboxylic acid groups (broad SMARTS) is 1. The number of benzene rings is 1. The molecule has 0 radical (unpaired) electrons. The van der Waals surface area contributed by atoms with Crippen molar-refractivity contribution in [2.45, 2.75) is 83.4 Å². The van der Waals surface area contributed by atoms with Crippen molar-refractivity contribution in [3.8, 4) is 17.3 Å². The minimum Gasteiger partial charge on any atom is -0.484 e. The summed E-state index contributed by atoms with van der Waals surface area (Å²) >= 11 is 0. The first kappa shape index (κ1) is 38.9. The summed E-state index contributed by atoms with van der Waals surface area (Å²) in [6.45, 7) is 10.4. The van der Waals surface area contributed by atoms with Crippen molar-refractivity contribution in [3.63, 3.8) is 0 Å². The molecule has 0 bridgehead atoms. The predicted octanol–water partition coefficient (Wildman–Crippen LogP) is 5.80. The summed E-state index contributed by atoms with van der Waals surface area (Å²) in [4.78, 5) is 26.4. The molecule has 2 aliphatic rings. The van der Waals surface area contributed by atoms with Crippen LogP contribution in [0.1, 0.15) is 88.8 Å². The average Bonchev–Trinajstić information content (AvgIpc) is 3.78. The summed E-state index contributed by atoms with van der Waals surface area (Å²) in [6, 6.07) is 15.6. The molecular formula is C39H51N11O5. The van der Waals surface area contributed by atoms with E-state index in [-0.39, 0.29) is 30.1 Å². The van der Waals surface area contributed by atoms with Crippen LogP contribution in [0.3, 0.4) is 0 Å². The molecule has 16 heteroatoms. The molecule has 16 nitrogen and oxygen atoms in total. The maximum atomic E-state index is 13.7. The van der Waals surface area contributed by atoms with Crippen LogP contribution in [-0.2, 0) is 10.2 Å². The fourth-order valence-corrected chi connectivity index (χ4v) is 6.91. The predicted molar refractivity (Wildman–Crippen MR) is 208 cm³/mol. The maximum absolute atomic E-state index is 13.7. The van der Waals surface area contributed by atoms with Crippen molar-refractivity contribution in [2.24, 2.45) is 0 Å². The van der Waals surface area contributed by atoms with Gasteiger partial charge in [0, 0.05) is 36.7 Å². The second-order valence-corrected chi connectivity index (χ2v) is 15.2. The van der Waals surface area contributed by atoms with Crippen LogP contribution in [0, 0.1) is 0 Å². The smallest absolute Gasteiger partial charge is 0.320 e. The molecule has 0 spiro atoms. The van der Waals surface area contributed by atoms with E-state index in [1.165, 1.54) is 6.42 Å². The van der Waals surface area contributed by atoms with Crippen LogP contribution in [0.15, 0.2) is 60.9 Å². The standard InChI is InChI=1S/C38H49N11O3.CH2O2/c1-25-11-9-10-18-47(25)37-44-42-33-17-14-27(24-48(33)37)52-31-16-15-30(28-12-7-8-13-29(28)31)40-36(50)41-34-22-32(38(2,3)4)45-49(34)26-21-35(43-39-23-26)51-20-19-46(5)6;2-1-3/h7-8,12-14,17,21-25,30-31H,9-11,15-16,18-20H2,1-6H3,(H2,40,41,50);1H,(H,2,3)/t25-,30-,31+;/m0./s1. The molecule has 5 heterocycles. The molecule has 0 saturated carbocycles. The minimum absolute atomic E-state index is 0.173.